The van der Waals surface area contributed by atoms with E-state index in [-0.39, 0.29) is 18.1 Å². The summed E-state index contributed by atoms with van der Waals surface area (Å²) in [5, 5.41) is 8.51. The Morgan fingerprint density at radius 2 is 2.00 bits per heavy atom. The lowest BCUT2D eigenvalue weighted by molar-refractivity contribution is -0.0254. The molecule has 0 bridgehead atoms. The van der Waals surface area contributed by atoms with Crippen molar-refractivity contribution in [2.24, 2.45) is 11.1 Å². The van der Waals surface area contributed by atoms with Crippen molar-refractivity contribution >= 4 is 0 Å². The molecule has 1 atom stereocenters. The van der Waals surface area contributed by atoms with Crippen molar-refractivity contribution in [1.82, 2.24) is 0 Å². The summed E-state index contributed by atoms with van der Waals surface area (Å²) < 4.78 is 5.33. The lowest BCUT2D eigenvalue weighted by Crippen LogP contribution is -2.36. The zero-order valence-corrected chi connectivity index (χ0v) is 7.63. The summed E-state index contributed by atoms with van der Waals surface area (Å²) in [5.74, 6) is 0. The molecule has 3 nitrogen and oxygen atoms in total. The van der Waals surface area contributed by atoms with E-state index in [0.717, 1.165) is 0 Å². The molecule has 0 spiro atoms. The first kappa shape index (κ1) is 10.9. The molecule has 0 amide bonds. The molecule has 3 N–H and O–H groups in total. The molecule has 1 unspecified atom stereocenters. The topological polar surface area (TPSA) is 55.5 Å². The van der Waals surface area contributed by atoms with Crippen molar-refractivity contribution in [3.05, 3.63) is 0 Å². The monoisotopic (exact) mass is 161 g/mol. The minimum absolute atomic E-state index is 0.0367. The van der Waals surface area contributed by atoms with Crippen LogP contribution in [0.1, 0.15) is 20.8 Å². The molecule has 0 aliphatic heterocycles. The largest absolute Gasteiger partial charge is 0.394 e. The van der Waals surface area contributed by atoms with E-state index in [9.17, 15) is 0 Å². The molecule has 0 fully saturated rings. The Balaban J connectivity index is 3.76. The van der Waals surface area contributed by atoms with Crippen LogP contribution in [0, 0.1) is 5.41 Å². The Labute approximate surface area is 68.5 Å². The SMILES string of the molecule is CC(C)(C)C(CN)OCCO. The molecule has 3 heteroatoms. The van der Waals surface area contributed by atoms with Gasteiger partial charge >= 0.3 is 0 Å². The highest BCUT2D eigenvalue weighted by molar-refractivity contribution is 4.74. The summed E-state index contributed by atoms with van der Waals surface area (Å²) >= 11 is 0. The summed E-state index contributed by atoms with van der Waals surface area (Å²) in [7, 11) is 0. The van der Waals surface area contributed by atoms with E-state index >= 15 is 0 Å². The molecular weight excluding hydrogens is 142 g/mol. The molecule has 0 saturated heterocycles. The third-order valence-corrected chi connectivity index (χ3v) is 1.59. The highest BCUT2D eigenvalue weighted by Crippen LogP contribution is 2.20. The highest BCUT2D eigenvalue weighted by atomic mass is 16.5. The predicted molar refractivity (Wildman–Crippen MR) is 45.3 cm³/mol. The number of hydrogen-bond acceptors (Lipinski definition) is 3. The Morgan fingerprint density at radius 1 is 1.45 bits per heavy atom. The standard InChI is InChI=1S/C8H19NO2/c1-8(2,3)7(6-9)11-5-4-10/h7,10H,4-6,9H2,1-3H3. The molecule has 0 aromatic carbocycles. The van der Waals surface area contributed by atoms with Crippen LogP contribution in [0.2, 0.25) is 0 Å². The summed E-state index contributed by atoms with van der Waals surface area (Å²) in [5.41, 5.74) is 5.55. The maximum absolute atomic E-state index is 8.51. The minimum atomic E-state index is 0.0367. The second kappa shape index (κ2) is 4.70. The Kier molecular flexibility index (Phi) is 4.65. The second-order valence-corrected chi connectivity index (χ2v) is 3.68. The molecule has 0 heterocycles. The van der Waals surface area contributed by atoms with Crippen LogP contribution >= 0.6 is 0 Å². The van der Waals surface area contributed by atoms with Crippen LogP contribution in [-0.4, -0.2) is 31.0 Å². The fourth-order valence-corrected chi connectivity index (χ4v) is 0.867. The Hall–Kier alpha value is -0.120. The van der Waals surface area contributed by atoms with Gasteiger partial charge in [0.15, 0.2) is 0 Å². The van der Waals surface area contributed by atoms with Gasteiger partial charge in [0, 0.05) is 6.54 Å². The van der Waals surface area contributed by atoms with Crippen LogP contribution in [0.3, 0.4) is 0 Å². The smallest absolute Gasteiger partial charge is 0.0746 e. The molecule has 68 valence electrons. The van der Waals surface area contributed by atoms with Gasteiger partial charge in [-0.2, -0.15) is 0 Å². The van der Waals surface area contributed by atoms with E-state index in [0.29, 0.717) is 13.2 Å². The van der Waals surface area contributed by atoms with E-state index in [1.54, 1.807) is 0 Å². The maximum Gasteiger partial charge on any atom is 0.0746 e. The number of aliphatic hydroxyl groups is 1. The summed E-state index contributed by atoms with van der Waals surface area (Å²) in [4.78, 5) is 0. The molecule has 0 aliphatic rings. The average molecular weight is 161 g/mol. The molecule has 0 saturated carbocycles. The van der Waals surface area contributed by atoms with Gasteiger partial charge in [-0.1, -0.05) is 20.8 Å². The van der Waals surface area contributed by atoms with Crippen molar-refractivity contribution in [3.63, 3.8) is 0 Å². The van der Waals surface area contributed by atoms with Gasteiger partial charge in [0.05, 0.1) is 19.3 Å². The molecule has 0 radical (unpaired) electrons. The van der Waals surface area contributed by atoms with Gasteiger partial charge in [-0.25, -0.2) is 0 Å². The molecule has 0 rings (SSSR count). The Morgan fingerprint density at radius 3 is 2.27 bits per heavy atom. The molecule has 0 aromatic heterocycles. The lowest BCUT2D eigenvalue weighted by atomic mass is 9.89. The van der Waals surface area contributed by atoms with E-state index < -0.39 is 0 Å². The number of nitrogens with two attached hydrogens (primary N) is 1. The van der Waals surface area contributed by atoms with Crippen molar-refractivity contribution in [2.75, 3.05) is 19.8 Å². The van der Waals surface area contributed by atoms with Crippen molar-refractivity contribution in [2.45, 2.75) is 26.9 Å². The second-order valence-electron chi connectivity index (χ2n) is 3.68. The zero-order valence-electron chi connectivity index (χ0n) is 7.63. The van der Waals surface area contributed by atoms with Crippen LogP contribution in [0.5, 0.6) is 0 Å². The average Bonchev–Trinajstić information content (AvgIpc) is 1.87. The number of rotatable bonds is 4. The van der Waals surface area contributed by atoms with Crippen LogP contribution in [0.4, 0.5) is 0 Å². The van der Waals surface area contributed by atoms with Crippen LogP contribution < -0.4 is 5.73 Å². The summed E-state index contributed by atoms with van der Waals surface area (Å²) in [6.45, 7) is 7.15. The van der Waals surface area contributed by atoms with E-state index in [1.807, 2.05) is 0 Å². The van der Waals surface area contributed by atoms with E-state index in [4.69, 9.17) is 15.6 Å². The normalized spacial score (nSPS) is 15.0. The van der Waals surface area contributed by atoms with E-state index in [1.165, 1.54) is 0 Å². The van der Waals surface area contributed by atoms with Crippen LogP contribution in [0.25, 0.3) is 0 Å². The number of hydrogen-bond donors (Lipinski definition) is 2. The zero-order chi connectivity index (χ0) is 8.91. The maximum atomic E-state index is 8.51. The summed E-state index contributed by atoms with van der Waals surface area (Å²) in [6, 6.07) is 0. The fraction of sp³-hybridized carbons (Fsp3) is 1.00. The van der Waals surface area contributed by atoms with E-state index in [2.05, 4.69) is 20.8 Å². The quantitative estimate of drug-likeness (QED) is 0.626. The number of ether oxygens (including phenoxy) is 1. The van der Waals surface area contributed by atoms with Gasteiger partial charge in [-0.05, 0) is 5.41 Å². The molecule has 11 heavy (non-hydrogen) atoms. The first-order valence-electron chi connectivity index (χ1n) is 3.95. The lowest BCUT2D eigenvalue weighted by Gasteiger charge is -2.29. The third-order valence-electron chi connectivity index (χ3n) is 1.59. The first-order valence-corrected chi connectivity index (χ1v) is 3.95. The highest BCUT2D eigenvalue weighted by Gasteiger charge is 2.23. The van der Waals surface area contributed by atoms with Gasteiger partial charge in [0.1, 0.15) is 0 Å². The minimum Gasteiger partial charge on any atom is -0.394 e. The fourth-order valence-electron chi connectivity index (χ4n) is 0.867. The van der Waals surface area contributed by atoms with Crippen LogP contribution in [-0.2, 0) is 4.74 Å². The number of aliphatic hydroxyl groups excluding tert-OH is 1. The molecular formula is C8H19NO2. The van der Waals surface area contributed by atoms with Gasteiger partial charge < -0.3 is 15.6 Å². The van der Waals surface area contributed by atoms with Gasteiger partial charge in [0.25, 0.3) is 0 Å². The summed E-state index contributed by atoms with van der Waals surface area (Å²) in [6.07, 6.45) is 0.0367. The van der Waals surface area contributed by atoms with Crippen molar-refractivity contribution in [3.8, 4) is 0 Å². The molecule has 0 aromatic rings. The van der Waals surface area contributed by atoms with Crippen molar-refractivity contribution < 1.29 is 9.84 Å². The predicted octanol–water partition coefficient (Wildman–Crippen LogP) is 0.369. The van der Waals surface area contributed by atoms with Gasteiger partial charge in [0.2, 0.25) is 0 Å². The van der Waals surface area contributed by atoms with Crippen molar-refractivity contribution in [1.29, 1.82) is 0 Å². The third kappa shape index (κ3) is 4.35. The van der Waals surface area contributed by atoms with Gasteiger partial charge in [-0.15, -0.1) is 0 Å². The molecule has 0 aliphatic carbocycles. The Bertz CT molecular complexity index is 98.8. The first-order chi connectivity index (χ1) is 5.02. The van der Waals surface area contributed by atoms with Crippen LogP contribution in [0.15, 0.2) is 0 Å². The van der Waals surface area contributed by atoms with Gasteiger partial charge in [-0.3, -0.25) is 0 Å².